The van der Waals surface area contributed by atoms with Crippen LogP contribution < -0.4 is 4.31 Å². The molecule has 29 heavy (non-hydrogen) atoms. The molecule has 0 spiro atoms. The van der Waals surface area contributed by atoms with Gasteiger partial charge in [-0.1, -0.05) is 48.5 Å². The van der Waals surface area contributed by atoms with Gasteiger partial charge in [0.15, 0.2) is 0 Å². The highest BCUT2D eigenvalue weighted by Gasteiger charge is 2.29. The van der Waals surface area contributed by atoms with Crippen LogP contribution in [-0.2, 0) is 16.6 Å². The molecular weight excluding hydrogens is 398 g/mol. The number of non-ortho nitro benzene ring substituents is 2. The fraction of sp³-hybridized carbons (Fsp3) is 0.0526. The Bertz CT molecular complexity index is 1120. The van der Waals surface area contributed by atoms with Crippen LogP contribution in [-0.4, -0.2) is 18.3 Å². The summed E-state index contributed by atoms with van der Waals surface area (Å²) in [6.07, 6.45) is 0. The Morgan fingerprint density at radius 1 is 0.759 bits per heavy atom. The monoisotopic (exact) mass is 413 g/mol. The summed E-state index contributed by atoms with van der Waals surface area (Å²) in [7, 11) is -4.34. The van der Waals surface area contributed by atoms with Crippen molar-refractivity contribution in [3.8, 4) is 0 Å². The first kappa shape index (κ1) is 20.0. The van der Waals surface area contributed by atoms with Crippen LogP contribution in [0.2, 0.25) is 0 Å². The zero-order chi connectivity index (χ0) is 21.0. The van der Waals surface area contributed by atoms with Gasteiger partial charge in [0.25, 0.3) is 21.4 Å². The minimum Gasteiger partial charge on any atom is -0.262 e. The van der Waals surface area contributed by atoms with E-state index in [-0.39, 0.29) is 6.54 Å². The second-order valence-corrected chi connectivity index (χ2v) is 7.89. The van der Waals surface area contributed by atoms with E-state index in [1.807, 2.05) is 0 Å². The molecule has 0 aliphatic heterocycles. The first-order valence-electron chi connectivity index (χ1n) is 8.34. The summed E-state index contributed by atoms with van der Waals surface area (Å²) < 4.78 is 27.8. The van der Waals surface area contributed by atoms with Crippen molar-refractivity contribution >= 4 is 27.1 Å². The third kappa shape index (κ3) is 4.38. The summed E-state index contributed by atoms with van der Waals surface area (Å²) >= 11 is 0. The topological polar surface area (TPSA) is 124 Å². The van der Waals surface area contributed by atoms with Crippen molar-refractivity contribution in [3.05, 3.63) is 105 Å². The minimum atomic E-state index is -4.34. The second kappa shape index (κ2) is 8.07. The van der Waals surface area contributed by atoms with Crippen LogP contribution in [0.25, 0.3) is 0 Å². The van der Waals surface area contributed by atoms with Crippen LogP contribution in [0.5, 0.6) is 0 Å². The Hall–Kier alpha value is -3.79. The number of nitro benzene ring substituents is 2. The maximum atomic E-state index is 13.4. The molecule has 3 aromatic carbocycles. The molecule has 0 radical (unpaired) electrons. The Morgan fingerprint density at radius 3 is 1.72 bits per heavy atom. The molecule has 0 saturated carbocycles. The van der Waals surface area contributed by atoms with Crippen LogP contribution in [0.1, 0.15) is 5.56 Å². The Balaban J connectivity index is 2.16. The second-order valence-electron chi connectivity index (χ2n) is 6.03. The lowest BCUT2D eigenvalue weighted by atomic mass is 10.2. The van der Waals surface area contributed by atoms with Gasteiger partial charge in [-0.15, -0.1) is 0 Å². The fourth-order valence-electron chi connectivity index (χ4n) is 2.71. The fourth-order valence-corrected chi connectivity index (χ4v) is 4.23. The van der Waals surface area contributed by atoms with E-state index in [1.165, 1.54) is 0 Å². The van der Waals surface area contributed by atoms with Crippen LogP contribution in [0.4, 0.5) is 17.1 Å². The molecule has 0 bridgehead atoms. The van der Waals surface area contributed by atoms with Crippen LogP contribution >= 0.6 is 0 Å². The minimum absolute atomic E-state index is 0.0519. The molecule has 3 aromatic rings. The zero-order valence-corrected chi connectivity index (χ0v) is 15.7. The normalized spacial score (nSPS) is 11.0. The summed E-state index contributed by atoms with van der Waals surface area (Å²) in [5.41, 5.74) is -0.346. The summed E-state index contributed by atoms with van der Waals surface area (Å²) in [5.74, 6) is 0. The van der Waals surface area contributed by atoms with Crippen LogP contribution in [0.3, 0.4) is 0 Å². The van der Waals surface area contributed by atoms with Crippen molar-refractivity contribution in [2.24, 2.45) is 0 Å². The van der Waals surface area contributed by atoms with E-state index in [4.69, 9.17) is 0 Å². The molecule has 0 fully saturated rings. The van der Waals surface area contributed by atoms with Gasteiger partial charge in [-0.3, -0.25) is 24.5 Å². The Labute approximate surface area is 166 Å². The molecule has 0 N–H and O–H groups in total. The maximum Gasteiger partial charge on any atom is 0.277 e. The molecule has 0 aliphatic carbocycles. The SMILES string of the molecule is O=[N+]([O-])c1cc([N+](=O)[O-])cc(S(=O)(=O)N(Cc2ccccc2)c2ccccc2)c1. The molecule has 148 valence electrons. The number of hydrogen-bond donors (Lipinski definition) is 0. The summed E-state index contributed by atoms with van der Waals surface area (Å²) in [6, 6.07) is 19.3. The zero-order valence-electron chi connectivity index (χ0n) is 14.9. The van der Waals surface area contributed by atoms with Crippen molar-refractivity contribution in [3.63, 3.8) is 0 Å². The Morgan fingerprint density at radius 2 is 1.24 bits per heavy atom. The van der Waals surface area contributed by atoms with Gasteiger partial charge in [0.05, 0.1) is 28.1 Å². The van der Waals surface area contributed by atoms with Gasteiger partial charge < -0.3 is 0 Å². The quantitative estimate of drug-likeness (QED) is 0.427. The van der Waals surface area contributed by atoms with E-state index < -0.39 is 36.1 Å². The maximum absolute atomic E-state index is 13.4. The molecule has 0 saturated heterocycles. The van der Waals surface area contributed by atoms with Crippen molar-refractivity contribution in [1.29, 1.82) is 0 Å². The molecule has 0 heterocycles. The van der Waals surface area contributed by atoms with Crippen molar-refractivity contribution in [2.75, 3.05) is 4.31 Å². The van der Waals surface area contributed by atoms with Gasteiger partial charge in [-0.05, 0) is 17.7 Å². The molecule has 10 heteroatoms. The van der Waals surface area contributed by atoms with Gasteiger partial charge in [0, 0.05) is 12.1 Å². The van der Waals surface area contributed by atoms with Gasteiger partial charge in [0.1, 0.15) is 4.90 Å². The summed E-state index contributed by atoms with van der Waals surface area (Å²) in [5, 5.41) is 22.3. The van der Waals surface area contributed by atoms with Crippen LogP contribution in [0.15, 0.2) is 83.8 Å². The number of anilines is 1. The van der Waals surface area contributed by atoms with Gasteiger partial charge >= 0.3 is 0 Å². The average Bonchev–Trinajstić information content (AvgIpc) is 2.72. The molecule has 0 aliphatic rings. The molecule has 0 aromatic heterocycles. The average molecular weight is 413 g/mol. The summed E-state index contributed by atoms with van der Waals surface area (Å²) in [4.78, 5) is 20.1. The lowest BCUT2D eigenvalue weighted by Crippen LogP contribution is -2.30. The standard InChI is InChI=1S/C19H15N3O6S/c23-21(24)17-11-18(22(25)26)13-19(12-17)29(27,28)20(16-9-5-2-6-10-16)14-15-7-3-1-4-8-15/h1-13H,14H2. The highest BCUT2D eigenvalue weighted by molar-refractivity contribution is 7.92. The molecule has 3 rings (SSSR count). The predicted octanol–water partition coefficient (Wildman–Crippen LogP) is 3.90. The van der Waals surface area contributed by atoms with Gasteiger partial charge in [0.2, 0.25) is 0 Å². The number of nitrogens with zero attached hydrogens (tertiary/aromatic N) is 3. The molecular formula is C19H15N3O6S. The molecule has 0 atom stereocenters. The first-order valence-corrected chi connectivity index (χ1v) is 9.78. The van der Waals surface area contributed by atoms with Crippen molar-refractivity contribution in [2.45, 2.75) is 11.4 Å². The number of nitro groups is 2. The molecule has 0 unspecified atom stereocenters. The number of benzene rings is 3. The number of para-hydroxylation sites is 1. The van der Waals surface area contributed by atoms with E-state index >= 15 is 0 Å². The number of rotatable bonds is 7. The Kier molecular flexibility index (Phi) is 5.55. The largest absolute Gasteiger partial charge is 0.277 e. The van der Waals surface area contributed by atoms with Crippen molar-refractivity contribution in [1.82, 2.24) is 0 Å². The van der Waals surface area contributed by atoms with Gasteiger partial charge in [-0.25, -0.2) is 8.42 Å². The smallest absolute Gasteiger partial charge is 0.262 e. The number of sulfonamides is 1. The molecule has 9 nitrogen and oxygen atoms in total. The third-order valence-electron chi connectivity index (χ3n) is 4.10. The number of hydrogen-bond acceptors (Lipinski definition) is 6. The predicted molar refractivity (Wildman–Crippen MR) is 106 cm³/mol. The molecule has 0 amide bonds. The highest BCUT2D eigenvalue weighted by atomic mass is 32.2. The first-order chi connectivity index (χ1) is 13.8. The third-order valence-corrected chi connectivity index (χ3v) is 5.85. The van der Waals surface area contributed by atoms with Gasteiger partial charge in [-0.2, -0.15) is 0 Å². The van der Waals surface area contributed by atoms with E-state index in [2.05, 4.69) is 0 Å². The lowest BCUT2D eigenvalue weighted by Gasteiger charge is -2.24. The van der Waals surface area contributed by atoms with Crippen LogP contribution in [0, 0.1) is 20.2 Å². The summed E-state index contributed by atoms with van der Waals surface area (Å²) in [6.45, 7) is -0.0519. The van der Waals surface area contributed by atoms with Crippen molar-refractivity contribution < 1.29 is 18.3 Å². The van der Waals surface area contributed by atoms with E-state index in [0.717, 1.165) is 22.5 Å². The lowest BCUT2D eigenvalue weighted by molar-refractivity contribution is -0.394. The van der Waals surface area contributed by atoms with E-state index in [0.29, 0.717) is 11.3 Å². The highest BCUT2D eigenvalue weighted by Crippen LogP contribution is 2.31. The van der Waals surface area contributed by atoms with E-state index in [1.54, 1.807) is 60.7 Å². The van der Waals surface area contributed by atoms with E-state index in [9.17, 15) is 28.6 Å².